The second-order valence-electron chi connectivity index (χ2n) is 5.39. The average Bonchev–Trinajstić information content (AvgIpc) is 2.35. The zero-order valence-corrected chi connectivity index (χ0v) is 13.4. The van der Waals surface area contributed by atoms with E-state index in [0.29, 0.717) is 25.7 Å². The summed E-state index contributed by atoms with van der Waals surface area (Å²) in [6.07, 6.45) is 5.91. The Hall–Kier alpha value is -1.06. The van der Waals surface area contributed by atoms with Crippen LogP contribution >= 0.6 is 0 Å². The Kier molecular flexibility index (Phi) is 11.1. The van der Waals surface area contributed by atoms with Gasteiger partial charge in [0.05, 0.1) is 12.2 Å². The molecule has 0 spiro atoms. The summed E-state index contributed by atoms with van der Waals surface area (Å²) in [6, 6.07) is 0. The molecule has 0 aliphatic heterocycles. The van der Waals surface area contributed by atoms with Gasteiger partial charge in [0, 0.05) is 12.8 Å². The van der Waals surface area contributed by atoms with Crippen LogP contribution in [0.2, 0.25) is 0 Å². The summed E-state index contributed by atoms with van der Waals surface area (Å²) in [4.78, 5) is 23.0. The van der Waals surface area contributed by atoms with Crippen LogP contribution in [0.25, 0.3) is 0 Å². The summed E-state index contributed by atoms with van der Waals surface area (Å²) in [5, 5.41) is 0. The third kappa shape index (κ3) is 10.8. The Morgan fingerprint density at radius 1 is 0.800 bits per heavy atom. The fourth-order valence-electron chi connectivity index (χ4n) is 2.04. The summed E-state index contributed by atoms with van der Waals surface area (Å²) >= 11 is 0. The molecule has 0 aliphatic carbocycles. The fourth-order valence-corrected chi connectivity index (χ4v) is 2.04. The Morgan fingerprint density at radius 3 is 1.45 bits per heavy atom. The molecule has 4 heteroatoms. The van der Waals surface area contributed by atoms with Gasteiger partial charge in [-0.3, -0.25) is 9.59 Å². The van der Waals surface area contributed by atoms with Crippen molar-refractivity contribution in [3.8, 4) is 0 Å². The molecular formula is C16H30O4. The molecule has 0 N–H and O–H groups in total. The molecule has 0 aromatic carbocycles. The van der Waals surface area contributed by atoms with E-state index in [-0.39, 0.29) is 24.1 Å². The molecular weight excluding hydrogens is 256 g/mol. The first kappa shape index (κ1) is 18.9. The molecule has 0 fully saturated rings. The normalized spacial score (nSPS) is 13.6. The van der Waals surface area contributed by atoms with Gasteiger partial charge in [-0.2, -0.15) is 0 Å². The van der Waals surface area contributed by atoms with E-state index < -0.39 is 0 Å². The lowest BCUT2D eigenvalue weighted by Gasteiger charge is -2.13. The molecule has 0 aromatic rings. The summed E-state index contributed by atoms with van der Waals surface area (Å²) in [7, 11) is 0. The molecule has 20 heavy (non-hydrogen) atoms. The van der Waals surface area contributed by atoms with Crippen molar-refractivity contribution in [1.29, 1.82) is 0 Å². The SMILES string of the molecule is CCCC(C)OC(=O)CCCCC(=O)OC(C)CCC. The number of carbonyl (C=O) groups is 2. The number of esters is 2. The van der Waals surface area contributed by atoms with Crippen LogP contribution in [0, 0.1) is 0 Å². The topological polar surface area (TPSA) is 52.6 Å². The van der Waals surface area contributed by atoms with Gasteiger partial charge in [0.15, 0.2) is 0 Å². The minimum atomic E-state index is -0.168. The Balaban J connectivity index is 3.60. The van der Waals surface area contributed by atoms with Gasteiger partial charge in [0.2, 0.25) is 0 Å². The smallest absolute Gasteiger partial charge is 0.306 e. The summed E-state index contributed by atoms with van der Waals surface area (Å²) in [5.74, 6) is -0.336. The third-order valence-electron chi connectivity index (χ3n) is 3.07. The lowest BCUT2D eigenvalue weighted by atomic mass is 10.2. The van der Waals surface area contributed by atoms with E-state index in [9.17, 15) is 9.59 Å². The number of hydrogen-bond acceptors (Lipinski definition) is 4. The predicted molar refractivity (Wildman–Crippen MR) is 79.4 cm³/mol. The van der Waals surface area contributed by atoms with Gasteiger partial charge in [0.25, 0.3) is 0 Å². The van der Waals surface area contributed by atoms with Gasteiger partial charge in [-0.25, -0.2) is 0 Å². The minimum absolute atomic E-state index is 0.00708. The first-order chi connectivity index (χ1) is 9.49. The van der Waals surface area contributed by atoms with Crippen molar-refractivity contribution in [2.24, 2.45) is 0 Å². The maximum atomic E-state index is 11.5. The highest BCUT2D eigenvalue weighted by atomic mass is 16.5. The van der Waals surface area contributed by atoms with Crippen LogP contribution in [-0.2, 0) is 19.1 Å². The molecule has 0 bridgehead atoms. The van der Waals surface area contributed by atoms with E-state index in [4.69, 9.17) is 9.47 Å². The van der Waals surface area contributed by atoms with Crippen molar-refractivity contribution in [3.63, 3.8) is 0 Å². The minimum Gasteiger partial charge on any atom is -0.463 e. The van der Waals surface area contributed by atoms with Crippen LogP contribution in [0.1, 0.15) is 79.1 Å². The quantitative estimate of drug-likeness (QED) is 0.425. The summed E-state index contributed by atoms with van der Waals surface area (Å²) in [6.45, 7) is 7.95. The van der Waals surface area contributed by atoms with Crippen LogP contribution in [0.3, 0.4) is 0 Å². The van der Waals surface area contributed by atoms with Gasteiger partial charge in [-0.05, 0) is 39.5 Å². The van der Waals surface area contributed by atoms with Gasteiger partial charge < -0.3 is 9.47 Å². The molecule has 0 heterocycles. The molecule has 0 aromatic heterocycles. The summed E-state index contributed by atoms with van der Waals surface area (Å²) < 4.78 is 10.5. The molecule has 0 saturated carbocycles. The van der Waals surface area contributed by atoms with Crippen molar-refractivity contribution < 1.29 is 19.1 Å². The molecule has 0 amide bonds. The maximum absolute atomic E-state index is 11.5. The van der Waals surface area contributed by atoms with E-state index >= 15 is 0 Å². The van der Waals surface area contributed by atoms with E-state index in [1.54, 1.807) is 0 Å². The van der Waals surface area contributed by atoms with Crippen molar-refractivity contribution in [3.05, 3.63) is 0 Å². The Morgan fingerprint density at radius 2 is 1.15 bits per heavy atom. The van der Waals surface area contributed by atoms with Crippen LogP contribution < -0.4 is 0 Å². The number of ether oxygens (including phenoxy) is 2. The molecule has 2 atom stereocenters. The highest BCUT2D eigenvalue weighted by molar-refractivity contribution is 5.70. The molecule has 0 radical (unpaired) electrons. The van der Waals surface area contributed by atoms with Gasteiger partial charge in [0.1, 0.15) is 0 Å². The number of carbonyl (C=O) groups excluding carboxylic acids is 2. The molecule has 0 saturated heterocycles. The van der Waals surface area contributed by atoms with E-state index in [2.05, 4.69) is 13.8 Å². The second kappa shape index (κ2) is 11.7. The molecule has 2 unspecified atom stereocenters. The fraction of sp³-hybridized carbons (Fsp3) is 0.875. The van der Waals surface area contributed by atoms with E-state index in [1.165, 1.54) is 0 Å². The predicted octanol–water partition coefficient (Wildman–Crippen LogP) is 4.01. The van der Waals surface area contributed by atoms with Gasteiger partial charge in [-0.1, -0.05) is 26.7 Å². The van der Waals surface area contributed by atoms with Crippen molar-refractivity contribution >= 4 is 11.9 Å². The third-order valence-corrected chi connectivity index (χ3v) is 3.07. The van der Waals surface area contributed by atoms with E-state index in [1.807, 2.05) is 13.8 Å². The highest BCUT2D eigenvalue weighted by Crippen LogP contribution is 2.08. The summed E-state index contributed by atoms with van der Waals surface area (Å²) in [5.41, 5.74) is 0. The molecule has 0 rings (SSSR count). The van der Waals surface area contributed by atoms with Gasteiger partial charge in [-0.15, -0.1) is 0 Å². The standard InChI is InChI=1S/C16H30O4/c1-5-9-13(3)19-15(17)11-7-8-12-16(18)20-14(4)10-6-2/h13-14H,5-12H2,1-4H3. The highest BCUT2D eigenvalue weighted by Gasteiger charge is 2.11. The van der Waals surface area contributed by atoms with Crippen molar-refractivity contribution in [1.82, 2.24) is 0 Å². The number of hydrogen-bond donors (Lipinski definition) is 0. The van der Waals surface area contributed by atoms with Crippen LogP contribution in [-0.4, -0.2) is 24.1 Å². The Labute approximate surface area is 123 Å². The second-order valence-corrected chi connectivity index (χ2v) is 5.39. The van der Waals surface area contributed by atoms with Crippen LogP contribution in [0.15, 0.2) is 0 Å². The molecule has 4 nitrogen and oxygen atoms in total. The lowest BCUT2D eigenvalue weighted by molar-refractivity contribution is -0.150. The zero-order valence-electron chi connectivity index (χ0n) is 13.4. The lowest BCUT2D eigenvalue weighted by Crippen LogP contribution is -2.15. The largest absolute Gasteiger partial charge is 0.463 e. The van der Waals surface area contributed by atoms with Crippen LogP contribution in [0.5, 0.6) is 0 Å². The maximum Gasteiger partial charge on any atom is 0.306 e. The zero-order chi connectivity index (χ0) is 15.4. The average molecular weight is 286 g/mol. The van der Waals surface area contributed by atoms with Crippen molar-refractivity contribution in [2.45, 2.75) is 91.3 Å². The Bertz CT molecular complexity index is 248. The number of unbranched alkanes of at least 4 members (excludes halogenated alkanes) is 1. The first-order valence-corrected chi connectivity index (χ1v) is 7.88. The van der Waals surface area contributed by atoms with Gasteiger partial charge >= 0.3 is 11.9 Å². The first-order valence-electron chi connectivity index (χ1n) is 7.88. The van der Waals surface area contributed by atoms with E-state index in [0.717, 1.165) is 25.7 Å². The van der Waals surface area contributed by atoms with Crippen molar-refractivity contribution in [2.75, 3.05) is 0 Å². The molecule has 118 valence electrons. The number of rotatable bonds is 11. The monoisotopic (exact) mass is 286 g/mol. The molecule has 0 aliphatic rings. The van der Waals surface area contributed by atoms with Crippen LogP contribution in [0.4, 0.5) is 0 Å².